The van der Waals surface area contributed by atoms with Crippen molar-refractivity contribution in [2.75, 3.05) is 0 Å². The third-order valence-electron chi connectivity index (χ3n) is 3.22. The summed E-state index contributed by atoms with van der Waals surface area (Å²) in [4.78, 5) is 0. The van der Waals surface area contributed by atoms with E-state index in [9.17, 15) is 0 Å². The van der Waals surface area contributed by atoms with E-state index in [2.05, 4.69) is 19.6 Å². The maximum absolute atomic E-state index is 4.13. The van der Waals surface area contributed by atoms with Gasteiger partial charge in [-0.3, -0.25) is 0 Å². The summed E-state index contributed by atoms with van der Waals surface area (Å²) in [5.41, 5.74) is 3.10. The minimum Gasteiger partial charge on any atom is -0.0998 e. The highest BCUT2D eigenvalue weighted by atomic mass is 14.3. The summed E-state index contributed by atoms with van der Waals surface area (Å²) in [6.45, 7) is 6.42. The third-order valence-corrected chi connectivity index (χ3v) is 3.22. The van der Waals surface area contributed by atoms with Crippen LogP contribution in [0.1, 0.15) is 39.0 Å². The molecule has 0 heteroatoms. The molecule has 66 valence electrons. The fraction of sp³-hybridized carbons (Fsp3) is 0.667. The standard InChI is InChI=1S/C12H18/c1-9-3-4-11-6-10(2)7-12(5-9)8-11/h7,11-12H,1,3-6,8H2,2H3. The number of rotatable bonds is 0. The number of fused-ring (bicyclic) bond motifs is 2. The van der Waals surface area contributed by atoms with Gasteiger partial charge in [0.05, 0.1) is 0 Å². The Morgan fingerprint density at radius 1 is 1.42 bits per heavy atom. The zero-order valence-electron chi connectivity index (χ0n) is 7.97. The first kappa shape index (κ1) is 8.10. The molecule has 12 heavy (non-hydrogen) atoms. The number of hydrogen-bond donors (Lipinski definition) is 0. The molecule has 2 atom stereocenters. The van der Waals surface area contributed by atoms with Crippen LogP contribution in [0, 0.1) is 11.8 Å². The van der Waals surface area contributed by atoms with Gasteiger partial charge in [0, 0.05) is 0 Å². The molecule has 0 aromatic rings. The highest BCUT2D eigenvalue weighted by Crippen LogP contribution is 2.38. The minimum absolute atomic E-state index is 0.832. The second-order valence-electron chi connectivity index (χ2n) is 4.57. The van der Waals surface area contributed by atoms with E-state index in [0.29, 0.717) is 0 Å². The lowest BCUT2D eigenvalue weighted by molar-refractivity contribution is 0.393. The maximum atomic E-state index is 4.13. The van der Waals surface area contributed by atoms with Crippen LogP contribution in [0.5, 0.6) is 0 Å². The van der Waals surface area contributed by atoms with Crippen LogP contribution in [0.25, 0.3) is 0 Å². The van der Waals surface area contributed by atoms with Gasteiger partial charge >= 0.3 is 0 Å². The Morgan fingerprint density at radius 2 is 2.25 bits per heavy atom. The molecule has 0 aromatic heterocycles. The first-order valence-electron chi connectivity index (χ1n) is 5.08. The van der Waals surface area contributed by atoms with Crippen LogP contribution in [-0.4, -0.2) is 0 Å². The summed E-state index contributed by atoms with van der Waals surface area (Å²) < 4.78 is 0. The van der Waals surface area contributed by atoms with E-state index in [1.165, 1.54) is 37.7 Å². The molecule has 0 amide bonds. The average molecular weight is 162 g/mol. The minimum atomic E-state index is 0.832. The summed E-state index contributed by atoms with van der Waals surface area (Å²) in [6.07, 6.45) is 9.18. The normalized spacial score (nSPS) is 35.8. The summed E-state index contributed by atoms with van der Waals surface area (Å²) in [6, 6.07) is 0. The van der Waals surface area contributed by atoms with Crippen molar-refractivity contribution in [1.82, 2.24) is 0 Å². The van der Waals surface area contributed by atoms with Crippen molar-refractivity contribution in [2.45, 2.75) is 39.0 Å². The zero-order chi connectivity index (χ0) is 8.55. The molecule has 0 aliphatic heterocycles. The van der Waals surface area contributed by atoms with Crippen LogP contribution in [0.4, 0.5) is 0 Å². The molecule has 1 saturated carbocycles. The number of allylic oxidation sites excluding steroid dienone is 3. The van der Waals surface area contributed by atoms with Crippen LogP contribution < -0.4 is 0 Å². The quantitative estimate of drug-likeness (QED) is 0.476. The average Bonchev–Trinajstić information content (AvgIpc) is 2.10. The zero-order valence-corrected chi connectivity index (χ0v) is 7.97. The Morgan fingerprint density at radius 3 is 3.08 bits per heavy atom. The van der Waals surface area contributed by atoms with Crippen LogP contribution in [0.2, 0.25) is 0 Å². The summed E-state index contributed by atoms with van der Waals surface area (Å²) in [5.74, 6) is 1.80. The van der Waals surface area contributed by atoms with Crippen molar-refractivity contribution in [3.63, 3.8) is 0 Å². The van der Waals surface area contributed by atoms with Gasteiger partial charge in [-0.25, -0.2) is 0 Å². The van der Waals surface area contributed by atoms with Crippen molar-refractivity contribution >= 4 is 0 Å². The molecular formula is C12H18. The van der Waals surface area contributed by atoms with Gasteiger partial charge in [-0.2, -0.15) is 0 Å². The topological polar surface area (TPSA) is 0 Å². The van der Waals surface area contributed by atoms with Gasteiger partial charge < -0.3 is 0 Å². The third kappa shape index (κ3) is 1.63. The van der Waals surface area contributed by atoms with Crippen molar-refractivity contribution in [3.8, 4) is 0 Å². The fourth-order valence-electron chi connectivity index (χ4n) is 2.75. The molecule has 0 nitrogen and oxygen atoms in total. The van der Waals surface area contributed by atoms with Gasteiger partial charge in [0.1, 0.15) is 0 Å². The van der Waals surface area contributed by atoms with Gasteiger partial charge in [0.2, 0.25) is 0 Å². The van der Waals surface area contributed by atoms with E-state index < -0.39 is 0 Å². The van der Waals surface area contributed by atoms with Crippen LogP contribution in [-0.2, 0) is 0 Å². The second-order valence-corrected chi connectivity index (χ2v) is 4.57. The molecule has 0 spiro atoms. The largest absolute Gasteiger partial charge is 0.0998 e. The Labute approximate surface area is 75.4 Å². The van der Waals surface area contributed by atoms with Gasteiger partial charge in [-0.15, -0.1) is 0 Å². The molecule has 2 rings (SSSR count). The number of hydrogen-bond acceptors (Lipinski definition) is 0. The van der Waals surface area contributed by atoms with Crippen molar-refractivity contribution in [2.24, 2.45) is 11.8 Å². The first-order chi connectivity index (χ1) is 5.74. The second kappa shape index (κ2) is 3.08. The van der Waals surface area contributed by atoms with Gasteiger partial charge in [-0.05, 0) is 50.9 Å². The summed E-state index contributed by atoms with van der Waals surface area (Å²) in [7, 11) is 0. The van der Waals surface area contributed by atoms with E-state index >= 15 is 0 Å². The molecule has 0 saturated heterocycles. The van der Waals surface area contributed by atoms with E-state index in [1.54, 1.807) is 5.57 Å². The Hall–Kier alpha value is -0.520. The van der Waals surface area contributed by atoms with Crippen molar-refractivity contribution < 1.29 is 0 Å². The lowest BCUT2D eigenvalue weighted by Crippen LogP contribution is -2.10. The van der Waals surface area contributed by atoms with E-state index in [4.69, 9.17) is 0 Å². The first-order valence-corrected chi connectivity index (χ1v) is 5.08. The molecule has 0 heterocycles. The highest BCUT2D eigenvalue weighted by Gasteiger charge is 2.24. The predicted molar refractivity (Wildman–Crippen MR) is 53.0 cm³/mol. The van der Waals surface area contributed by atoms with Gasteiger partial charge in [-0.1, -0.05) is 23.8 Å². The molecule has 0 N–H and O–H groups in total. The molecule has 1 fully saturated rings. The van der Waals surface area contributed by atoms with Crippen molar-refractivity contribution in [3.05, 3.63) is 23.8 Å². The molecular weight excluding hydrogens is 144 g/mol. The van der Waals surface area contributed by atoms with E-state index in [0.717, 1.165) is 11.8 Å². The van der Waals surface area contributed by atoms with Gasteiger partial charge in [0.15, 0.2) is 0 Å². The fourth-order valence-corrected chi connectivity index (χ4v) is 2.75. The molecule has 0 aromatic carbocycles. The summed E-state index contributed by atoms with van der Waals surface area (Å²) in [5, 5.41) is 0. The monoisotopic (exact) mass is 162 g/mol. The van der Waals surface area contributed by atoms with Crippen LogP contribution >= 0.6 is 0 Å². The maximum Gasteiger partial charge on any atom is -0.0191 e. The smallest absolute Gasteiger partial charge is 0.0191 e. The molecule has 2 bridgehead atoms. The van der Waals surface area contributed by atoms with Crippen molar-refractivity contribution in [1.29, 1.82) is 0 Å². The molecule has 2 unspecified atom stereocenters. The Bertz CT molecular complexity index is 222. The molecule has 0 radical (unpaired) electrons. The van der Waals surface area contributed by atoms with E-state index in [1.807, 2.05) is 0 Å². The molecule has 2 aliphatic carbocycles. The van der Waals surface area contributed by atoms with E-state index in [-0.39, 0.29) is 0 Å². The van der Waals surface area contributed by atoms with Gasteiger partial charge in [0.25, 0.3) is 0 Å². The Balaban J connectivity index is 2.16. The summed E-state index contributed by atoms with van der Waals surface area (Å²) >= 11 is 0. The van der Waals surface area contributed by atoms with Crippen LogP contribution in [0.15, 0.2) is 23.8 Å². The van der Waals surface area contributed by atoms with Crippen LogP contribution in [0.3, 0.4) is 0 Å². The molecule has 2 aliphatic rings. The highest BCUT2D eigenvalue weighted by molar-refractivity contribution is 5.13. The predicted octanol–water partition coefficient (Wildman–Crippen LogP) is 3.70. The Kier molecular flexibility index (Phi) is 2.08. The SMILES string of the molecule is C=C1CCC2CC(C)=CC(C1)C2. The lowest BCUT2D eigenvalue weighted by Gasteiger charge is -2.23. The lowest BCUT2D eigenvalue weighted by atomic mass is 9.82.